The molecule has 8 nitrogen and oxygen atoms in total. The van der Waals surface area contributed by atoms with E-state index in [4.69, 9.17) is 0 Å². The number of amides is 2. The average Bonchev–Trinajstić information content (AvgIpc) is 2.71. The van der Waals surface area contributed by atoms with Crippen molar-refractivity contribution < 1.29 is 24.6 Å². The maximum absolute atomic E-state index is 13.3. The topological polar surface area (TPSA) is 120 Å². The molecule has 3 aromatic rings. The van der Waals surface area contributed by atoms with Crippen molar-refractivity contribution in [1.82, 2.24) is 10.3 Å². The molecular weight excluding hydrogens is 386 g/mol. The molecule has 0 aliphatic heterocycles. The molecule has 3 N–H and O–H groups in total. The number of aromatic carboxylic acids is 1. The summed E-state index contributed by atoms with van der Waals surface area (Å²) in [6.07, 6.45) is 2.36. The highest BCUT2D eigenvalue weighted by molar-refractivity contribution is 6.14. The van der Waals surface area contributed by atoms with E-state index < -0.39 is 17.8 Å². The fraction of sp³-hybridized carbons (Fsp3) is 0.182. The second-order valence-corrected chi connectivity index (χ2v) is 7.04. The first-order chi connectivity index (χ1) is 14.3. The van der Waals surface area contributed by atoms with E-state index >= 15 is 0 Å². The maximum atomic E-state index is 13.3. The molecule has 30 heavy (non-hydrogen) atoms. The second kappa shape index (κ2) is 8.60. The number of carboxylic acids is 1. The third kappa shape index (κ3) is 4.38. The van der Waals surface area contributed by atoms with Gasteiger partial charge in [-0.25, -0.2) is 4.79 Å². The number of anilines is 1. The smallest absolute Gasteiger partial charge is 0.337 e. The zero-order valence-corrected chi connectivity index (χ0v) is 16.5. The van der Waals surface area contributed by atoms with Gasteiger partial charge >= 0.3 is 5.97 Å². The van der Waals surface area contributed by atoms with E-state index in [1.165, 1.54) is 18.3 Å². The Hall–Kier alpha value is -3.94. The van der Waals surface area contributed by atoms with E-state index in [2.05, 4.69) is 10.3 Å². The van der Waals surface area contributed by atoms with Gasteiger partial charge in [0.05, 0.1) is 16.8 Å². The number of aromatic nitrogens is 1. The molecule has 1 aromatic heterocycles. The van der Waals surface area contributed by atoms with Crippen molar-refractivity contribution in [2.45, 2.75) is 19.9 Å². The van der Waals surface area contributed by atoms with Crippen LogP contribution in [0.5, 0.6) is 5.75 Å². The lowest BCUT2D eigenvalue weighted by atomic mass is 10.1. The minimum atomic E-state index is -1.23. The lowest BCUT2D eigenvalue weighted by Crippen LogP contribution is -2.43. The van der Waals surface area contributed by atoms with Gasteiger partial charge in [-0.3, -0.25) is 19.5 Å². The normalized spacial score (nSPS) is 10.8. The van der Waals surface area contributed by atoms with Gasteiger partial charge in [0, 0.05) is 23.8 Å². The Morgan fingerprint density at radius 2 is 1.77 bits per heavy atom. The Labute approximate surface area is 172 Å². The van der Waals surface area contributed by atoms with Gasteiger partial charge in [0.1, 0.15) is 12.3 Å². The molecule has 3 rings (SSSR count). The minimum Gasteiger partial charge on any atom is -0.506 e. The zero-order valence-electron chi connectivity index (χ0n) is 16.5. The van der Waals surface area contributed by atoms with Gasteiger partial charge < -0.3 is 15.5 Å². The van der Waals surface area contributed by atoms with Crippen LogP contribution in [0.2, 0.25) is 0 Å². The van der Waals surface area contributed by atoms with Crippen molar-refractivity contribution in [3.05, 3.63) is 66.0 Å². The highest BCUT2D eigenvalue weighted by Crippen LogP contribution is 2.36. The number of fused-ring (bicyclic) bond motifs is 1. The van der Waals surface area contributed by atoms with Crippen LogP contribution in [0.4, 0.5) is 5.69 Å². The first kappa shape index (κ1) is 20.8. The molecule has 8 heteroatoms. The molecule has 0 spiro atoms. The Kier molecular flexibility index (Phi) is 5.96. The van der Waals surface area contributed by atoms with Crippen LogP contribution in [-0.2, 0) is 4.79 Å². The summed E-state index contributed by atoms with van der Waals surface area (Å²) in [6, 6.07) is 11.3. The fourth-order valence-corrected chi connectivity index (χ4v) is 3.12. The fourth-order valence-electron chi connectivity index (χ4n) is 3.12. The number of hydrogen-bond donors (Lipinski definition) is 3. The molecule has 0 aliphatic rings. The highest BCUT2D eigenvalue weighted by atomic mass is 16.4. The molecule has 0 fully saturated rings. The first-order valence-corrected chi connectivity index (χ1v) is 9.28. The summed E-state index contributed by atoms with van der Waals surface area (Å²) in [4.78, 5) is 42.1. The van der Waals surface area contributed by atoms with E-state index in [-0.39, 0.29) is 35.2 Å². The predicted molar refractivity (Wildman–Crippen MR) is 112 cm³/mol. The highest BCUT2D eigenvalue weighted by Gasteiger charge is 2.26. The number of carboxylic acid groups (broad SMARTS) is 1. The molecule has 154 valence electrons. The molecule has 0 atom stereocenters. The van der Waals surface area contributed by atoms with Gasteiger partial charge in [0.25, 0.3) is 5.91 Å². The molecule has 0 saturated carbocycles. The summed E-state index contributed by atoms with van der Waals surface area (Å²) in [7, 11) is 0. The van der Waals surface area contributed by atoms with Crippen LogP contribution in [0.15, 0.2) is 54.9 Å². The summed E-state index contributed by atoms with van der Waals surface area (Å²) in [6.45, 7) is 3.22. The number of carbonyl (C=O) groups excluding carboxylic acids is 2. The SMILES string of the molecule is CC(C)NC(=O)CN(C(=O)c1cncc(C(=O)O)c1)c1c(O)ccc2ccccc12. The van der Waals surface area contributed by atoms with Crippen LogP contribution in [0.1, 0.15) is 34.6 Å². The first-order valence-electron chi connectivity index (χ1n) is 9.28. The molecule has 2 aromatic carbocycles. The van der Waals surface area contributed by atoms with Gasteiger partial charge in [-0.15, -0.1) is 0 Å². The molecule has 0 bridgehead atoms. The lowest BCUT2D eigenvalue weighted by molar-refractivity contribution is -0.120. The molecule has 1 heterocycles. The van der Waals surface area contributed by atoms with Crippen molar-refractivity contribution in [3.8, 4) is 5.75 Å². The quantitative estimate of drug-likeness (QED) is 0.578. The van der Waals surface area contributed by atoms with E-state index in [1.807, 2.05) is 12.1 Å². The van der Waals surface area contributed by atoms with Gasteiger partial charge in [-0.1, -0.05) is 30.3 Å². The number of pyridine rings is 1. The number of nitrogens with one attached hydrogen (secondary N) is 1. The van der Waals surface area contributed by atoms with E-state index in [0.29, 0.717) is 5.39 Å². The Balaban J connectivity index is 2.14. The van der Waals surface area contributed by atoms with Crippen molar-refractivity contribution in [3.63, 3.8) is 0 Å². The van der Waals surface area contributed by atoms with Gasteiger partial charge in [-0.2, -0.15) is 0 Å². The van der Waals surface area contributed by atoms with Gasteiger partial charge in [-0.05, 0) is 31.4 Å². The number of hydrogen-bond acceptors (Lipinski definition) is 5. The standard InChI is InChI=1S/C22H21N3O5/c1-13(2)24-19(27)12-25(21(28)15-9-16(22(29)30)11-23-10-15)20-17-6-4-3-5-14(17)7-8-18(20)26/h3-11,13,26H,12H2,1-2H3,(H,24,27)(H,29,30). The van der Waals surface area contributed by atoms with Gasteiger partial charge in [0.2, 0.25) is 5.91 Å². The second-order valence-electron chi connectivity index (χ2n) is 7.04. The number of rotatable bonds is 6. The van der Waals surface area contributed by atoms with E-state index in [1.54, 1.807) is 32.0 Å². The molecular formula is C22H21N3O5. The van der Waals surface area contributed by atoms with Crippen molar-refractivity contribution in [1.29, 1.82) is 0 Å². The molecule has 0 aliphatic carbocycles. The summed E-state index contributed by atoms with van der Waals surface area (Å²) in [5.74, 6) is -2.49. The summed E-state index contributed by atoms with van der Waals surface area (Å²) in [5, 5.41) is 23.8. The number of benzene rings is 2. The van der Waals surface area contributed by atoms with Crippen LogP contribution < -0.4 is 10.2 Å². The number of aromatic hydroxyl groups is 1. The number of phenols is 1. The molecule has 0 radical (unpaired) electrons. The molecule has 0 saturated heterocycles. The number of carbonyl (C=O) groups is 3. The van der Waals surface area contributed by atoms with Crippen molar-refractivity contribution >= 4 is 34.2 Å². The zero-order chi connectivity index (χ0) is 21.8. The summed E-state index contributed by atoms with van der Waals surface area (Å²) >= 11 is 0. The summed E-state index contributed by atoms with van der Waals surface area (Å²) in [5.41, 5.74) is -0.00751. The lowest BCUT2D eigenvalue weighted by Gasteiger charge is -2.25. The van der Waals surface area contributed by atoms with E-state index in [9.17, 15) is 24.6 Å². The van der Waals surface area contributed by atoms with Crippen LogP contribution in [0.25, 0.3) is 10.8 Å². The Bertz CT molecular complexity index is 1130. The predicted octanol–water partition coefficient (Wildman–Crippen LogP) is 2.81. The third-order valence-electron chi connectivity index (χ3n) is 4.38. The largest absolute Gasteiger partial charge is 0.506 e. The number of phenolic OH excluding ortho intramolecular Hbond substituents is 1. The molecule has 2 amide bonds. The number of nitrogens with zero attached hydrogens (tertiary/aromatic N) is 2. The van der Waals surface area contributed by atoms with Crippen LogP contribution in [-0.4, -0.2) is 45.6 Å². The Morgan fingerprint density at radius 3 is 2.47 bits per heavy atom. The van der Waals surface area contributed by atoms with Crippen LogP contribution in [0.3, 0.4) is 0 Å². The van der Waals surface area contributed by atoms with Crippen LogP contribution >= 0.6 is 0 Å². The average molecular weight is 407 g/mol. The van der Waals surface area contributed by atoms with Gasteiger partial charge in [0.15, 0.2) is 0 Å². The Morgan fingerprint density at radius 1 is 1.07 bits per heavy atom. The maximum Gasteiger partial charge on any atom is 0.337 e. The van der Waals surface area contributed by atoms with Crippen LogP contribution in [0, 0.1) is 0 Å². The monoisotopic (exact) mass is 407 g/mol. The van der Waals surface area contributed by atoms with Crippen molar-refractivity contribution in [2.24, 2.45) is 0 Å². The summed E-state index contributed by atoms with van der Waals surface area (Å²) < 4.78 is 0. The molecule has 0 unspecified atom stereocenters. The van der Waals surface area contributed by atoms with E-state index in [0.717, 1.165) is 16.5 Å². The van der Waals surface area contributed by atoms with Crippen molar-refractivity contribution in [2.75, 3.05) is 11.4 Å². The minimum absolute atomic E-state index is 0.0143. The third-order valence-corrected chi connectivity index (χ3v) is 4.38.